The molecule has 0 aromatic carbocycles. The van der Waals surface area contributed by atoms with Crippen LogP contribution in [-0.2, 0) is 4.79 Å². The lowest BCUT2D eigenvalue weighted by Crippen LogP contribution is -2.45. The van der Waals surface area contributed by atoms with Crippen LogP contribution in [0.25, 0.3) is 0 Å². The summed E-state index contributed by atoms with van der Waals surface area (Å²) < 4.78 is 0. The van der Waals surface area contributed by atoms with Crippen molar-refractivity contribution >= 4 is 5.91 Å². The van der Waals surface area contributed by atoms with E-state index in [4.69, 9.17) is 0 Å². The number of carbonyl (C=O) groups is 1. The van der Waals surface area contributed by atoms with Crippen LogP contribution in [0, 0.1) is 0 Å². The molecule has 0 aliphatic carbocycles. The van der Waals surface area contributed by atoms with Gasteiger partial charge in [0, 0.05) is 6.42 Å². The third-order valence-corrected chi connectivity index (χ3v) is 17.2. The molecule has 0 radical (unpaired) electrons. The van der Waals surface area contributed by atoms with E-state index in [2.05, 4.69) is 67.8 Å². The van der Waals surface area contributed by atoms with Crippen LogP contribution >= 0.6 is 0 Å². The minimum atomic E-state index is -0.873. The molecule has 4 nitrogen and oxygen atoms in total. The number of aliphatic hydroxyl groups excluding tert-OH is 2. The van der Waals surface area contributed by atoms with Crippen LogP contribution in [0.3, 0.4) is 0 Å². The van der Waals surface area contributed by atoms with Gasteiger partial charge in [0.25, 0.3) is 0 Å². The molecule has 4 heteroatoms. The summed E-state index contributed by atoms with van der Waals surface area (Å²) in [6, 6.07) is -0.648. The Morgan fingerprint density at radius 2 is 0.519 bits per heavy atom. The first-order valence-electron chi connectivity index (χ1n) is 37.0. The zero-order chi connectivity index (χ0) is 58.4. The Kier molecular flexibility index (Phi) is 70.6. The molecule has 0 spiro atoms. The molecule has 0 aromatic heterocycles. The molecule has 0 saturated carbocycles. The lowest BCUT2D eigenvalue weighted by Gasteiger charge is -2.19. The largest absolute Gasteiger partial charge is 0.394 e. The molecule has 476 valence electrons. The van der Waals surface area contributed by atoms with Gasteiger partial charge in [0.2, 0.25) is 5.91 Å². The first-order valence-corrected chi connectivity index (χ1v) is 37.0. The number of hydrogen-bond acceptors (Lipinski definition) is 3. The fourth-order valence-corrected chi connectivity index (χ4v) is 11.6. The van der Waals surface area contributed by atoms with E-state index in [9.17, 15) is 15.0 Å². The van der Waals surface area contributed by atoms with Gasteiger partial charge >= 0.3 is 0 Å². The Hall–Kier alpha value is -1.91. The summed E-state index contributed by atoms with van der Waals surface area (Å²) in [7, 11) is 0. The SMILES string of the molecule is CCCCCCC/C=C\C/C=C\CCCCCCCCCCCCCCCCCCCCCCCCCCCC(=O)NC(CO)C(O)/C=C/CC/C=C/CC/C=C/CCCCCCCCCCCCCCCCCCCCCCCC. The molecule has 3 N–H and O–H groups in total. The average molecular weight is 1130 g/mol. The van der Waals surface area contributed by atoms with Crippen molar-refractivity contribution in [3.8, 4) is 0 Å². The Balaban J connectivity index is 3.46. The van der Waals surface area contributed by atoms with Crippen molar-refractivity contribution in [3.05, 3.63) is 60.8 Å². The maximum absolute atomic E-state index is 12.5. The van der Waals surface area contributed by atoms with Gasteiger partial charge in [-0.05, 0) is 77.0 Å². The first-order chi connectivity index (χ1) is 40.2. The van der Waals surface area contributed by atoms with Gasteiger partial charge in [0.1, 0.15) is 0 Å². The average Bonchev–Trinajstić information content (AvgIpc) is 3.47. The molecule has 0 heterocycles. The van der Waals surface area contributed by atoms with Gasteiger partial charge in [0.15, 0.2) is 0 Å². The second kappa shape index (κ2) is 72.3. The van der Waals surface area contributed by atoms with Crippen LogP contribution in [0.4, 0.5) is 0 Å². The molecule has 0 aliphatic heterocycles. The van der Waals surface area contributed by atoms with Crippen LogP contribution in [0.1, 0.15) is 406 Å². The second-order valence-electron chi connectivity index (χ2n) is 25.3. The van der Waals surface area contributed by atoms with Crippen LogP contribution in [0.2, 0.25) is 0 Å². The lowest BCUT2D eigenvalue weighted by molar-refractivity contribution is -0.123. The van der Waals surface area contributed by atoms with Crippen molar-refractivity contribution in [1.82, 2.24) is 5.32 Å². The normalized spacial score (nSPS) is 13.0. The fraction of sp³-hybridized carbons (Fsp3) is 0.857. The number of hydrogen-bond donors (Lipinski definition) is 3. The molecular weight excluding hydrogens is 987 g/mol. The zero-order valence-electron chi connectivity index (χ0n) is 55.1. The summed E-state index contributed by atoms with van der Waals surface area (Å²) in [5.41, 5.74) is 0. The molecule has 0 aromatic rings. The Morgan fingerprint density at radius 3 is 0.790 bits per heavy atom. The van der Waals surface area contributed by atoms with Gasteiger partial charge in [-0.15, -0.1) is 0 Å². The predicted molar refractivity (Wildman–Crippen MR) is 364 cm³/mol. The van der Waals surface area contributed by atoms with E-state index in [0.29, 0.717) is 6.42 Å². The van der Waals surface area contributed by atoms with Gasteiger partial charge in [0.05, 0.1) is 18.8 Å². The van der Waals surface area contributed by atoms with E-state index in [1.165, 1.54) is 340 Å². The topological polar surface area (TPSA) is 69.6 Å². The highest BCUT2D eigenvalue weighted by Crippen LogP contribution is 2.19. The molecule has 0 saturated heterocycles. The summed E-state index contributed by atoms with van der Waals surface area (Å²) in [6.07, 6.45) is 103. The quantitative estimate of drug-likeness (QED) is 0.0420. The predicted octanol–water partition coefficient (Wildman–Crippen LogP) is 25.4. The summed E-state index contributed by atoms with van der Waals surface area (Å²) >= 11 is 0. The van der Waals surface area contributed by atoms with E-state index in [1.807, 2.05) is 6.08 Å². The van der Waals surface area contributed by atoms with E-state index in [0.717, 1.165) is 44.9 Å². The third-order valence-electron chi connectivity index (χ3n) is 17.2. The number of nitrogens with one attached hydrogen (secondary N) is 1. The molecule has 81 heavy (non-hydrogen) atoms. The monoisotopic (exact) mass is 1130 g/mol. The number of unbranched alkanes of at least 4 members (excludes halogenated alkanes) is 54. The molecular formula is C77H145NO3. The van der Waals surface area contributed by atoms with Crippen LogP contribution in [-0.4, -0.2) is 34.9 Å². The molecule has 2 unspecified atom stereocenters. The smallest absolute Gasteiger partial charge is 0.220 e. The number of rotatable bonds is 69. The van der Waals surface area contributed by atoms with E-state index in [1.54, 1.807) is 6.08 Å². The van der Waals surface area contributed by atoms with Crippen molar-refractivity contribution in [2.24, 2.45) is 0 Å². The van der Waals surface area contributed by atoms with Crippen molar-refractivity contribution in [3.63, 3.8) is 0 Å². The van der Waals surface area contributed by atoms with Crippen molar-refractivity contribution in [1.29, 1.82) is 0 Å². The van der Waals surface area contributed by atoms with Crippen LogP contribution in [0.5, 0.6) is 0 Å². The zero-order valence-corrected chi connectivity index (χ0v) is 55.1. The summed E-state index contributed by atoms with van der Waals surface area (Å²) in [6.45, 7) is 4.33. The number of aliphatic hydroxyl groups is 2. The highest BCUT2D eigenvalue weighted by atomic mass is 16.3. The summed E-state index contributed by atoms with van der Waals surface area (Å²) in [5.74, 6) is -0.0708. The maximum atomic E-state index is 12.5. The van der Waals surface area contributed by atoms with Gasteiger partial charge < -0.3 is 15.5 Å². The van der Waals surface area contributed by atoms with E-state index in [-0.39, 0.29) is 12.5 Å². The highest BCUT2D eigenvalue weighted by molar-refractivity contribution is 5.76. The lowest BCUT2D eigenvalue weighted by atomic mass is 10.0. The minimum Gasteiger partial charge on any atom is -0.394 e. The molecule has 0 rings (SSSR count). The van der Waals surface area contributed by atoms with Crippen LogP contribution < -0.4 is 5.32 Å². The van der Waals surface area contributed by atoms with Crippen LogP contribution in [0.15, 0.2) is 60.8 Å². The van der Waals surface area contributed by atoms with E-state index >= 15 is 0 Å². The first kappa shape index (κ1) is 79.1. The second-order valence-corrected chi connectivity index (χ2v) is 25.3. The molecule has 0 bridgehead atoms. The van der Waals surface area contributed by atoms with E-state index < -0.39 is 12.1 Å². The van der Waals surface area contributed by atoms with Gasteiger partial charge in [-0.3, -0.25) is 4.79 Å². The van der Waals surface area contributed by atoms with Gasteiger partial charge in [-0.25, -0.2) is 0 Å². The number of carbonyl (C=O) groups excluding carboxylic acids is 1. The molecule has 2 atom stereocenters. The van der Waals surface area contributed by atoms with Crippen molar-refractivity contribution in [2.45, 2.75) is 418 Å². The Morgan fingerprint density at radius 1 is 0.296 bits per heavy atom. The minimum absolute atomic E-state index is 0.0708. The number of allylic oxidation sites excluding steroid dienone is 9. The van der Waals surface area contributed by atoms with Crippen molar-refractivity contribution < 1.29 is 15.0 Å². The summed E-state index contributed by atoms with van der Waals surface area (Å²) in [5, 5.41) is 23.3. The van der Waals surface area contributed by atoms with Crippen molar-refractivity contribution in [2.75, 3.05) is 6.61 Å². The maximum Gasteiger partial charge on any atom is 0.220 e. The standard InChI is InChI=1S/C77H145NO3/c1-3-5-7-9-11-13-15-17-19-21-23-25-27-29-31-33-35-37-38-39-40-41-43-45-47-49-51-53-55-57-59-61-63-65-67-69-71-73-77(81)78-75(74-79)76(80)72-70-68-66-64-62-60-58-56-54-52-50-48-46-44-42-36-34-32-30-28-26-24-22-20-18-16-14-12-10-8-6-4-2/h15,17,21,23,54,56,62,64,70,72,75-76,79-80H,3-14,16,18-20,22,24-53,55,57-61,63,65-69,71,73-74H2,1-2H3,(H,78,81)/b17-15-,23-21-,56-54+,64-62+,72-70+. The summed E-state index contributed by atoms with van der Waals surface area (Å²) in [4.78, 5) is 12.5. The van der Waals surface area contributed by atoms with Gasteiger partial charge in [-0.1, -0.05) is 383 Å². The fourth-order valence-electron chi connectivity index (χ4n) is 11.6. The highest BCUT2D eigenvalue weighted by Gasteiger charge is 2.18. The van der Waals surface area contributed by atoms with Gasteiger partial charge in [-0.2, -0.15) is 0 Å². The molecule has 1 amide bonds. The third kappa shape index (κ3) is 68.8. The molecule has 0 fully saturated rings. The molecule has 0 aliphatic rings. The Bertz CT molecular complexity index is 1330. The number of amides is 1. The Labute approximate surface area is 508 Å².